The summed E-state index contributed by atoms with van der Waals surface area (Å²) in [7, 11) is -4.24. The summed E-state index contributed by atoms with van der Waals surface area (Å²) in [6, 6.07) is 3.25. The fraction of sp³-hybridized carbons (Fsp3) is 0.292. The van der Waals surface area contributed by atoms with Crippen LogP contribution in [0.1, 0.15) is 13.3 Å². The van der Waals surface area contributed by atoms with E-state index < -0.39 is 52.4 Å². The highest BCUT2D eigenvalue weighted by Crippen LogP contribution is 2.48. The van der Waals surface area contributed by atoms with Crippen molar-refractivity contribution < 1.29 is 51.8 Å². The van der Waals surface area contributed by atoms with Gasteiger partial charge in [-0.3, -0.25) is 33.2 Å². The molecule has 3 aliphatic heterocycles. The minimum Gasteiger partial charge on any atom is -0.480 e. The average molecular weight is 672 g/mol. The average Bonchev–Trinajstić information content (AvgIpc) is 3.65. The number of carboxylic acid groups (broad SMARTS) is 2. The van der Waals surface area contributed by atoms with E-state index in [4.69, 9.17) is 31.5 Å². The number of carbonyl (C=O) groups is 3. The van der Waals surface area contributed by atoms with Crippen molar-refractivity contribution in [1.29, 1.82) is 0 Å². The number of nitrogens with zero attached hydrogens (tertiary/aromatic N) is 3. The molecule has 0 aliphatic carbocycles. The lowest BCUT2D eigenvalue weighted by atomic mass is 10.2. The van der Waals surface area contributed by atoms with E-state index in [1.807, 2.05) is 0 Å². The van der Waals surface area contributed by atoms with Crippen LogP contribution in [0.4, 0.5) is 5.69 Å². The summed E-state index contributed by atoms with van der Waals surface area (Å²) in [6.07, 6.45) is 1.45. The van der Waals surface area contributed by atoms with Crippen LogP contribution < -0.4 is 33.9 Å². The van der Waals surface area contributed by atoms with Crippen LogP contribution >= 0.6 is 35.3 Å². The Labute approximate surface area is 255 Å². The maximum absolute atomic E-state index is 13.4. The number of anilines is 1. The van der Waals surface area contributed by atoms with Crippen LogP contribution in [0.3, 0.4) is 0 Å². The van der Waals surface area contributed by atoms with Crippen LogP contribution in [-0.4, -0.2) is 80.5 Å². The SMILES string of the molecule is CC(C=c1s/c(=C2/SC(=S)N(CC(=O)O)C2=O)n(CC(=O)O)c1=O)=C1Oc2cc3c(cc2N1CCCS(=O)(=O)O)OCO3. The molecule has 5 rings (SSSR count). The van der Waals surface area contributed by atoms with Crippen LogP contribution in [0.25, 0.3) is 11.0 Å². The van der Waals surface area contributed by atoms with Crippen LogP contribution in [0.15, 0.2) is 28.4 Å². The maximum atomic E-state index is 13.4. The molecule has 1 amide bonds. The summed E-state index contributed by atoms with van der Waals surface area (Å²) in [5, 5.41) is 18.6. The molecule has 1 saturated heterocycles. The highest BCUT2D eigenvalue weighted by atomic mass is 32.2. The van der Waals surface area contributed by atoms with Gasteiger partial charge in [0.05, 0.1) is 16.0 Å². The number of ether oxygens (including phenoxy) is 3. The van der Waals surface area contributed by atoms with Gasteiger partial charge in [0, 0.05) is 24.3 Å². The van der Waals surface area contributed by atoms with E-state index in [0.29, 0.717) is 28.5 Å². The molecule has 3 N–H and O–H groups in total. The lowest BCUT2D eigenvalue weighted by Crippen LogP contribution is -2.36. The first kappa shape index (κ1) is 30.5. The van der Waals surface area contributed by atoms with Gasteiger partial charge in [-0.2, -0.15) is 8.42 Å². The van der Waals surface area contributed by atoms with Crippen molar-refractivity contribution >= 4 is 84.3 Å². The van der Waals surface area contributed by atoms with Crippen LogP contribution in [0, 0.1) is 0 Å². The Morgan fingerprint density at radius 2 is 1.74 bits per heavy atom. The second-order valence-electron chi connectivity index (χ2n) is 9.24. The number of hydrogen-bond acceptors (Lipinski definition) is 13. The second-order valence-corrected chi connectivity index (χ2v) is 13.5. The summed E-state index contributed by atoms with van der Waals surface area (Å²) in [5.41, 5.74) is 0.184. The molecule has 1 fully saturated rings. The Morgan fingerprint density at radius 3 is 2.40 bits per heavy atom. The molecule has 0 radical (unpaired) electrons. The fourth-order valence-corrected chi connectivity index (χ4v) is 7.47. The topological polar surface area (TPSA) is 202 Å². The van der Waals surface area contributed by atoms with Crippen molar-refractivity contribution in [2.75, 3.05) is 30.5 Å². The largest absolute Gasteiger partial charge is 0.480 e. The molecule has 0 saturated carbocycles. The summed E-state index contributed by atoms with van der Waals surface area (Å²) in [4.78, 5) is 51.6. The minimum atomic E-state index is -4.24. The first-order chi connectivity index (χ1) is 20.2. The molecule has 1 aromatic heterocycles. The summed E-state index contributed by atoms with van der Waals surface area (Å²) in [6.45, 7) is 0.249. The lowest BCUT2D eigenvalue weighted by Gasteiger charge is -2.19. The normalized spacial score (nSPS) is 18.8. The number of amides is 1. The van der Waals surface area contributed by atoms with Gasteiger partial charge in [0.1, 0.15) is 27.0 Å². The summed E-state index contributed by atoms with van der Waals surface area (Å²) in [5.74, 6) is -2.47. The molecule has 43 heavy (non-hydrogen) atoms. The summed E-state index contributed by atoms with van der Waals surface area (Å²) < 4.78 is 49.7. The van der Waals surface area contributed by atoms with Crippen LogP contribution in [0.5, 0.6) is 17.2 Å². The number of thiocarbonyl (C=S) groups is 1. The molecule has 2 aromatic rings. The van der Waals surface area contributed by atoms with Crippen molar-refractivity contribution in [3.63, 3.8) is 0 Å². The van der Waals surface area contributed by atoms with E-state index in [-0.39, 0.29) is 44.1 Å². The van der Waals surface area contributed by atoms with Gasteiger partial charge < -0.3 is 29.3 Å². The van der Waals surface area contributed by atoms with E-state index in [2.05, 4.69) is 0 Å². The number of benzene rings is 1. The predicted molar refractivity (Wildman–Crippen MR) is 157 cm³/mol. The molecule has 19 heteroatoms. The number of allylic oxidation sites excluding steroid dienone is 1. The zero-order valence-electron chi connectivity index (χ0n) is 22.0. The molecule has 0 spiro atoms. The Balaban J connectivity index is 1.62. The molecule has 1 aromatic carbocycles. The quantitative estimate of drug-likeness (QED) is 0.237. The first-order valence-electron chi connectivity index (χ1n) is 12.2. The standard InChI is InChI=1S/C24H21N3O12S4/c1-11(22-25(3-2-4-43(34,35)36)12-6-14-15(38-10-37-14)7-13(12)39-22)5-16-20(32)26(8-17(28)29)23(41-16)19-21(33)27(9-18(30)31)24(40)42-19/h5-7H,2-4,8-10H2,1H3,(H,28,29)(H,30,31)(H,34,35,36)/b16-5?,22-11?,23-19+. The molecular formula is C24H21N3O12S4. The Morgan fingerprint density at radius 1 is 1.07 bits per heavy atom. The van der Waals surface area contributed by atoms with Gasteiger partial charge >= 0.3 is 11.9 Å². The second kappa shape index (κ2) is 11.6. The van der Waals surface area contributed by atoms with Gasteiger partial charge in [0.2, 0.25) is 12.7 Å². The molecule has 0 atom stereocenters. The molecule has 3 aliphatic rings. The van der Waals surface area contributed by atoms with E-state index in [9.17, 15) is 37.3 Å². The van der Waals surface area contributed by atoms with Gasteiger partial charge in [-0.15, -0.1) is 11.3 Å². The number of thioether (sulfide) groups is 1. The van der Waals surface area contributed by atoms with Gasteiger partial charge in [0.15, 0.2) is 17.2 Å². The summed E-state index contributed by atoms with van der Waals surface area (Å²) >= 11 is 6.73. The third-order valence-corrected chi connectivity index (χ3v) is 9.71. The highest BCUT2D eigenvalue weighted by Gasteiger charge is 2.36. The molecule has 0 bridgehead atoms. The number of hydrogen-bond donors (Lipinski definition) is 3. The van der Waals surface area contributed by atoms with Gasteiger partial charge in [-0.1, -0.05) is 24.0 Å². The van der Waals surface area contributed by atoms with Gasteiger partial charge in [-0.25, -0.2) is 0 Å². The van der Waals surface area contributed by atoms with Crippen LogP contribution in [0.2, 0.25) is 0 Å². The molecular weight excluding hydrogens is 651 g/mol. The molecule has 228 valence electrons. The van der Waals surface area contributed by atoms with Gasteiger partial charge in [-0.05, 0) is 19.4 Å². The van der Waals surface area contributed by atoms with E-state index in [1.165, 1.54) is 6.08 Å². The van der Waals surface area contributed by atoms with Crippen molar-refractivity contribution in [3.05, 3.63) is 43.1 Å². The predicted octanol–water partition coefficient (Wildman–Crippen LogP) is -0.0349. The van der Waals surface area contributed by atoms with E-state index >= 15 is 0 Å². The Kier molecular flexibility index (Phi) is 8.27. The van der Waals surface area contributed by atoms with Crippen LogP contribution in [-0.2, 0) is 31.0 Å². The van der Waals surface area contributed by atoms with Crippen molar-refractivity contribution in [1.82, 2.24) is 9.47 Å². The number of aliphatic carboxylic acids is 2. The van der Waals surface area contributed by atoms with Crippen molar-refractivity contribution in [3.8, 4) is 17.2 Å². The number of carbonyl (C=O) groups excluding carboxylic acids is 1. The minimum absolute atomic E-state index is 0.00644. The third kappa shape index (κ3) is 6.25. The number of thiazole rings is 1. The van der Waals surface area contributed by atoms with Crippen molar-refractivity contribution in [2.24, 2.45) is 0 Å². The zero-order valence-corrected chi connectivity index (χ0v) is 25.2. The Bertz CT molecular complexity index is 1910. The lowest BCUT2D eigenvalue weighted by molar-refractivity contribution is -0.140. The molecule has 0 unspecified atom stereocenters. The fourth-order valence-electron chi connectivity index (χ4n) is 4.42. The highest BCUT2D eigenvalue weighted by molar-refractivity contribution is 8.30. The van der Waals surface area contributed by atoms with E-state index in [0.717, 1.165) is 32.6 Å². The van der Waals surface area contributed by atoms with Crippen molar-refractivity contribution in [2.45, 2.75) is 19.9 Å². The third-order valence-electron chi connectivity index (χ3n) is 6.20. The molecule has 15 nitrogen and oxygen atoms in total. The molecule has 4 heterocycles. The number of carboxylic acids is 2. The monoisotopic (exact) mass is 671 g/mol. The number of aromatic nitrogens is 1. The first-order valence-corrected chi connectivity index (χ1v) is 15.9. The zero-order chi connectivity index (χ0) is 31.2. The number of fused-ring (bicyclic) bond motifs is 2. The Hall–Kier alpha value is -3.91. The van der Waals surface area contributed by atoms with Gasteiger partial charge in [0.25, 0.3) is 21.6 Å². The number of rotatable bonds is 9. The maximum Gasteiger partial charge on any atom is 0.323 e. The van der Waals surface area contributed by atoms with E-state index in [1.54, 1.807) is 24.0 Å². The smallest absolute Gasteiger partial charge is 0.323 e.